The highest BCUT2D eigenvalue weighted by Gasteiger charge is 2.13. The molecule has 1 N–H and O–H groups in total. The molecule has 2 aromatic heterocycles. The molecule has 0 amide bonds. The van der Waals surface area contributed by atoms with Crippen molar-refractivity contribution in [1.29, 1.82) is 0 Å². The van der Waals surface area contributed by atoms with E-state index >= 15 is 0 Å². The molecule has 1 aliphatic rings. The Kier molecular flexibility index (Phi) is 4.40. The van der Waals surface area contributed by atoms with E-state index in [0.717, 1.165) is 30.0 Å². The summed E-state index contributed by atoms with van der Waals surface area (Å²) in [6.45, 7) is 2.99. The average Bonchev–Trinajstić information content (AvgIpc) is 3.04. The zero-order chi connectivity index (χ0) is 15.4. The molecule has 3 heterocycles. The fourth-order valence-electron chi connectivity index (χ4n) is 1.97. The normalized spacial score (nSPS) is 15.4. The highest BCUT2D eigenvalue weighted by atomic mass is 32.1. The number of anilines is 1. The maximum atomic E-state index is 10.8. The first-order valence-electron chi connectivity index (χ1n) is 6.74. The Labute approximate surface area is 130 Å². The van der Waals surface area contributed by atoms with E-state index in [0.29, 0.717) is 24.2 Å². The summed E-state index contributed by atoms with van der Waals surface area (Å²) >= 11 is 1.13. The number of hydrogen-bond acceptors (Lipinski definition) is 7. The Morgan fingerprint density at radius 2 is 1.91 bits per heavy atom. The van der Waals surface area contributed by atoms with Gasteiger partial charge in [0.1, 0.15) is 9.88 Å². The number of hydrogen-bond donors (Lipinski definition) is 1. The van der Waals surface area contributed by atoms with Crippen molar-refractivity contribution in [2.24, 2.45) is 0 Å². The van der Waals surface area contributed by atoms with Crippen LogP contribution in [0.2, 0.25) is 0 Å². The molecule has 1 saturated heterocycles. The van der Waals surface area contributed by atoms with Crippen molar-refractivity contribution in [2.75, 3.05) is 31.2 Å². The van der Waals surface area contributed by atoms with E-state index in [1.165, 1.54) is 6.20 Å². The zero-order valence-electron chi connectivity index (χ0n) is 11.7. The second kappa shape index (κ2) is 6.63. The number of morpholine rings is 1. The standard InChI is InChI=1S/C14H14N4O3S/c19-13(20)11-9-15-12(22-11)2-1-10-7-16-14(17-8-10)18-3-5-21-6-4-18/h1-2,7-9H,3-6H2,(H,19,20). The number of carboxylic acids is 1. The maximum Gasteiger partial charge on any atom is 0.347 e. The molecule has 1 aliphatic heterocycles. The summed E-state index contributed by atoms with van der Waals surface area (Å²) in [5, 5.41) is 9.48. The molecule has 0 spiro atoms. The van der Waals surface area contributed by atoms with E-state index in [9.17, 15) is 4.79 Å². The molecular formula is C14H14N4O3S. The summed E-state index contributed by atoms with van der Waals surface area (Å²) in [6, 6.07) is 0. The van der Waals surface area contributed by atoms with Gasteiger partial charge in [-0.25, -0.2) is 19.7 Å². The van der Waals surface area contributed by atoms with Crippen LogP contribution >= 0.6 is 11.3 Å². The molecule has 0 radical (unpaired) electrons. The van der Waals surface area contributed by atoms with Gasteiger partial charge in [0.05, 0.1) is 19.4 Å². The Morgan fingerprint density at radius 3 is 2.55 bits per heavy atom. The van der Waals surface area contributed by atoms with E-state index in [1.807, 2.05) is 6.08 Å². The van der Waals surface area contributed by atoms with Gasteiger partial charge in [-0.05, 0) is 12.2 Å². The molecule has 0 aliphatic carbocycles. The zero-order valence-corrected chi connectivity index (χ0v) is 12.5. The van der Waals surface area contributed by atoms with Gasteiger partial charge in [-0.2, -0.15) is 0 Å². The lowest BCUT2D eigenvalue weighted by atomic mass is 10.3. The van der Waals surface area contributed by atoms with Crippen molar-refractivity contribution in [3.63, 3.8) is 0 Å². The Bertz CT molecular complexity index is 678. The monoisotopic (exact) mass is 318 g/mol. The van der Waals surface area contributed by atoms with Crippen LogP contribution in [-0.4, -0.2) is 52.3 Å². The Balaban J connectivity index is 1.67. The number of ether oxygens (including phenoxy) is 1. The SMILES string of the molecule is O=C(O)c1cnc(C=Cc2cnc(N3CCOCC3)nc2)s1. The van der Waals surface area contributed by atoms with Crippen molar-refractivity contribution in [3.8, 4) is 0 Å². The smallest absolute Gasteiger partial charge is 0.347 e. The highest BCUT2D eigenvalue weighted by molar-refractivity contribution is 7.14. The van der Waals surface area contributed by atoms with Crippen LogP contribution in [0.3, 0.4) is 0 Å². The molecule has 22 heavy (non-hydrogen) atoms. The molecule has 0 aromatic carbocycles. The predicted molar refractivity (Wildman–Crippen MR) is 83.1 cm³/mol. The fraction of sp³-hybridized carbons (Fsp3) is 0.286. The van der Waals surface area contributed by atoms with Gasteiger partial charge < -0.3 is 14.7 Å². The number of aromatic carboxylic acids is 1. The summed E-state index contributed by atoms with van der Waals surface area (Å²) in [5.41, 5.74) is 0.837. The molecular weight excluding hydrogens is 304 g/mol. The third-order valence-corrected chi connectivity index (χ3v) is 4.06. The van der Waals surface area contributed by atoms with E-state index in [2.05, 4.69) is 19.9 Å². The summed E-state index contributed by atoms with van der Waals surface area (Å²) in [7, 11) is 0. The van der Waals surface area contributed by atoms with Crippen LogP contribution in [0.1, 0.15) is 20.2 Å². The van der Waals surface area contributed by atoms with Crippen molar-refractivity contribution in [3.05, 3.63) is 34.0 Å². The molecule has 7 nitrogen and oxygen atoms in total. The topological polar surface area (TPSA) is 88.4 Å². The largest absolute Gasteiger partial charge is 0.477 e. The van der Waals surface area contributed by atoms with Crippen LogP contribution in [0.25, 0.3) is 12.2 Å². The molecule has 8 heteroatoms. The van der Waals surface area contributed by atoms with Crippen LogP contribution in [0, 0.1) is 0 Å². The maximum absolute atomic E-state index is 10.8. The summed E-state index contributed by atoms with van der Waals surface area (Å²) in [5.74, 6) is -0.266. The third-order valence-electron chi connectivity index (χ3n) is 3.10. The number of thiazole rings is 1. The molecule has 2 aromatic rings. The van der Waals surface area contributed by atoms with E-state index in [4.69, 9.17) is 9.84 Å². The third kappa shape index (κ3) is 3.46. The lowest BCUT2D eigenvalue weighted by Crippen LogP contribution is -2.37. The summed E-state index contributed by atoms with van der Waals surface area (Å²) in [4.78, 5) is 25.8. The van der Waals surface area contributed by atoms with E-state index in [1.54, 1.807) is 18.5 Å². The molecule has 3 rings (SSSR count). The first kappa shape index (κ1) is 14.6. The lowest BCUT2D eigenvalue weighted by Gasteiger charge is -2.26. The van der Waals surface area contributed by atoms with Crippen LogP contribution in [-0.2, 0) is 4.74 Å². The van der Waals surface area contributed by atoms with Gasteiger partial charge >= 0.3 is 5.97 Å². The van der Waals surface area contributed by atoms with E-state index in [-0.39, 0.29) is 4.88 Å². The minimum atomic E-state index is -0.963. The Hall–Kier alpha value is -2.32. The second-order valence-electron chi connectivity index (χ2n) is 4.62. The van der Waals surface area contributed by atoms with Gasteiger partial charge in [-0.3, -0.25) is 0 Å². The quantitative estimate of drug-likeness (QED) is 0.916. The van der Waals surface area contributed by atoms with Gasteiger partial charge in [0.25, 0.3) is 0 Å². The van der Waals surface area contributed by atoms with Crippen molar-refractivity contribution in [1.82, 2.24) is 15.0 Å². The molecule has 0 bridgehead atoms. The van der Waals surface area contributed by atoms with Crippen molar-refractivity contribution >= 4 is 35.4 Å². The van der Waals surface area contributed by atoms with Gasteiger partial charge in [0, 0.05) is 31.0 Å². The minimum Gasteiger partial charge on any atom is -0.477 e. The number of rotatable bonds is 4. The van der Waals surface area contributed by atoms with Gasteiger partial charge in [0.2, 0.25) is 5.95 Å². The lowest BCUT2D eigenvalue weighted by molar-refractivity contribution is 0.0702. The van der Waals surface area contributed by atoms with Gasteiger partial charge in [0.15, 0.2) is 0 Å². The minimum absolute atomic E-state index is 0.221. The number of carbonyl (C=O) groups is 1. The van der Waals surface area contributed by atoms with Crippen LogP contribution in [0.5, 0.6) is 0 Å². The van der Waals surface area contributed by atoms with Crippen molar-refractivity contribution < 1.29 is 14.6 Å². The fourth-order valence-corrected chi connectivity index (χ4v) is 2.63. The first-order valence-corrected chi connectivity index (χ1v) is 7.56. The molecule has 114 valence electrons. The Morgan fingerprint density at radius 1 is 1.18 bits per heavy atom. The van der Waals surface area contributed by atoms with Crippen molar-refractivity contribution in [2.45, 2.75) is 0 Å². The highest BCUT2D eigenvalue weighted by Crippen LogP contribution is 2.16. The first-order chi connectivity index (χ1) is 10.7. The predicted octanol–water partition coefficient (Wildman–Crippen LogP) is 1.64. The van der Waals surface area contributed by atoms with Gasteiger partial charge in [-0.15, -0.1) is 11.3 Å². The average molecular weight is 318 g/mol. The van der Waals surface area contributed by atoms with Crippen LogP contribution < -0.4 is 4.90 Å². The molecule has 0 atom stereocenters. The van der Waals surface area contributed by atoms with Crippen LogP contribution in [0.15, 0.2) is 18.6 Å². The molecule has 1 fully saturated rings. The second-order valence-corrected chi connectivity index (χ2v) is 5.68. The molecule has 0 saturated carbocycles. The summed E-state index contributed by atoms with van der Waals surface area (Å²) in [6.07, 6.45) is 8.39. The van der Waals surface area contributed by atoms with E-state index < -0.39 is 5.97 Å². The summed E-state index contributed by atoms with van der Waals surface area (Å²) < 4.78 is 5.30. The van der Waals surface area contributed by atoms with Crippen LogP contribution in [0.4, 0.5) is 5.95 Å². The number of carboxylic acid groups (broad SMARTS) is 1. The van der Waals surface area contributed by atoms with Gasteiger partial charge in [-0.1, -0.05) is 0 Å². The number of aromatic nitrogens is 3. The molecule has 0 unspecified atom stereocenters. The number of nitrogens with zero attached hydrogens (tertiary/aromatic N) is 4.